The number of azide groups is 2. The topological polar surface area (TPSA) is 321 Å². The van der Waals surface area contributed by atoms with Crippen LogP contribution in [-0.2, 0) is 52.8 Å². The molecule has 1 amide bonds. The number of esters is 1. The van der Waals surface area contributed by atoms with Crippen LogP contribution in [0.25, 0.3) is 20.9 Å². The average Bonchev–Trinajstić information content (AvgIpc) is 3.29. The number of benzene rings is 2. The Hall–Kier alpha value is -5.59. The highest BCUT2D eigenvalue weighted by Crippen LogP contribution is 2.28. The molecule has 0 saturated carbocycles. The number of phenols is 2. The first-order chi connectivity index (χ1) is 26.0. The number of carbonyl (C=O) groups is 5. The number of carbonyl (C=O) groups excluding carboxylic acids is 5. The van der Waals surface area contributed by atoms with Crippen molar-refractivity contribution in [2.24, 2.45) is 27.8 Å². The third kappa shape index (κ3) is 17.8. The Bertz CT molecular complexity index is 1630. The molecule has 294 valence electrons. The summed E-state index contributed by atoms with van der Waals surface area (Å²) in [5, 5.41) is 43.0. The molecular weight excluding hydrogens is 712 g/mol. The van der Waals surface area contributed by atoms with Gasteiger partial charge in [0.05, 0.1) is 52.5 Å². The van der Waals surface area contributed by atoms with E-state index >= 15 is 0 Å². The van der Waals surface area contributed by atoms with Crippen molar-refractivity contribution in [1.29, 1.82) is 0 Å². The van der Waals surface area contributed by atoms with Gasteiger partial charge in [0.2, 0.25) is 5.91 Å². The maximum absolute atomic E-state index is 13.0. The highest BCUT2D eigenvalue weighted by atomic mass is 16.5. The second kappa shape index (κ2) is 27.1. The zero-order valence-electron chi connectivity index (χ0n) is 29.9. The van der Waals surface area contributed by atoms with Crippen molar-refractivity contribution in [1.82, 2.24) is 4.90 Å². The van der Waals surface area contributed by atoms with Crippen LogP contribution < -0.4 is 5.73 Å². The number of hydrogen-bond acceptors (Lipinski definition) is 15. The molecule has 1 aliphatic heterocycles. The number of ether oxygens (including phenoxy) is 3. The molecule has 0 radical (unpaired) electrons. The van der Waals surface area contributed by atoms with Gasteiger partial charge in [-0.1, -0.05) is 22.4 Å². The van der Waals surface area contributed by atoms with Crippen molar-refractivity contribution < 1.29 is 58.6 Å². The lowest BCUT2D eigenvalue weighted by atomic mass is 9.89. The quantitative estimate of drug-likeness (QED) is 0.0322. The van der Waals surface area contributed by atoms with E-state index in [0.29, 0.717) is 57.8 Å². The summed E-state index contributed by atoms with van der Waals surface area (Å²) in [6, 6.07) is 9.14. The summed E-state index contributed by atoms with van der Waals surface area (Å²) in [4.78, 5) is 65.1. The van der Waals surface area contributed by atoms with Crippen molar-refractivity contribution in [3.05, 3.63) is 79.5 Å². The Kier molecular flexibility index (Phi) is 23.3. The molecule has 1 aliphatic rings. The number of aliphatic hydroxyl groups is 2. The summed E-state index contributed by atoms with van der Waals surface area (Å²) in [5.74, 6) is -2.87. The molecule has 1 heterocycles. The maximum Gasteiger partial charge on any atom is 0.306 e. The van der Waals surface area contributed by atoms with Gasteiger partial charge in [-0.05, 0) is 64.9 Å². The van der Waals surface area contributed by atoms with Gasteiger partial charge < -0.3 is 45.3 Å². The van der Waals surface area contributed by atoms with E-state index < -0.39 is 42.6 Å². The van der Waals surface area contributed by atoms with E-state index in [2.05, 4.69) is 20.1 Å². The van der Waals surface area contributed by atoms with Crippen molar-refractivity contribution in [2.45, 2.75) is 32.2 Å². The largest absolute Gasteiger partial charge is 0.508 e. The highest BCUT2D eigenvalue weighted by Gasteiger charge is 2.31. The summed E-state index contributed by atoms with van der Waals surface area (Å²) in [6.07, 6.45) is 0.851. The molecule has 6 N–H and O–H groups in total. The Morgan fingerprint density at radius 2 is 1.65 bits per heavy atom. The third-order valence-electron chi connectivity index (χ3n) is 7.72. The lowest BCUT2D eigenvalue weighted by Crippen LogP contribution is -2.38. The zero-order chi connectivity index (χ0) is 40.3. The number of ketones is 2. The number of fused-ring (bicyclic) bond motifs is 1. The summed E-state index contributed by atoms with van der Waals surface area (Å²) < 4.78 is 15.5. The van der Waals surface area contributed by atoms with Gasteiger partial charge in [0, 0.05) is 47.4 Å². The van der Waals surface area contributed by atoms with Crippen LogP contribution in [0.4, 0.5) is 0 Å². The van der Waals surface area contributed by atoms with Crippen LogP contribution in [0.2, 0.25) is 0 Å². The zero-order valence-corrected chi connectivity index (χ0v) is 29.9. The van der Waals surface area contributed by atoms with Gasteiger partial charge in [-0.2, -0.15) is 0 Å². The summed E-state index contributed by atoms with van der Waals surface area (Å²) in [5.41, 5.74) is 22.8. The molecule has 0 aromatic heterocycles. The third-order valence-corrected chi connectivity index (χ3v) is 7.72. The first-order valence-electron chi connectivity index (χ1n) is 16.5. The van der Waals surface area contributed by atoms with Crippen molar-refractivity contribution >= 4 is 29.7 Å². The fraction of sp³-hybridized carbons (Fsp3) is 0.500. The van der Waals surface area contributed by atoms with Gasteiger partial charge in [-0.3, -0.25) is 24.0 Å². The average molecular weight is 759 g/mol. The van der Waals surface area contributed by atoms with Crippen molar-refractivity contribution in [3.63, 3.8) is 0 Å². The number of hydrogen-bond donors (Lipinski definition) is 5. The normalized spacial score (nSPS) is 13.5. The van der Waals surface area contributed by atoms with E-state index in [4.69, 9.17) is 41.2 Å². The standard InChI is InChI=1S/C19H26N4O6.C14H16O6.CH4N4/c1-27-18(25)12-15-10-14-2-3-17(24)11-16(14)13-23(19(15)26)5-7-29-9-8-28-6-4-21-22-20;15-6-11-5-12(18)2-1-9(11)3-10(14(20)8-17)4-13(19)7-16;2-1-4-5-3/h2-3,11,15,24H,4-10,12-13H2,1H3;1-2,5-6,10,16-18H,3-4,7-8H2;1-2H2/t15-;10-;/m00./s1. The van der Waals surface area contributed by atoms with Crippen LogP contribution >= 0.6 is 0 Å². The highest BCUT2D eigenvalue weighted by molar-refractivity contribution is 5.89. The van der Waals surface area contributed by atoms with Crippen LogP contribution in [0.3, 0.4) is 0 Å². The molecule has 0 saturated heterocycles. The summed E-state index contributed by atoms with van der Waals surface area (Å²) in [6.45, 7) is 0.971. The van der Waals surface area contributed by atoms with Crippen molar-refractivity contribution in [2.75, 3.05) is 66.5 Å². The summed E-state index contributed by atoms with van der Waals surface area (Å²) >= 11 is 0. The molecule has 0 unspecified atom stereocenters. The van der Waals surface area contributed by atoms with Crippen LogP contribution in [0.1, 0.15) is 39.9 Å². The van der Waals surface area contributed by atoms with Gasteiger partial charge in [0.15, 0.2) is 11.6 Å². The number of amides is 1. The van der Waals surface area contributed by atoms with Crippen LogP contribution in [-0.4, -0.2) is 122 Å². The van der Waals surface area contributed by atoms with Crippen LogP contribution in [0.5, 0.6) is 11.5 Å². The molecule has 2 aromatic rings. The monoisotopic (exact) mass is 758 g/mol. The predicted molar refractivity (Wildman–Crippen MR) is 191 cm³/mol. The minimum Gasteiger partial charge on any atom is -0.508 e. The fourth-order valence-corrected chi connectivity index (χ4v) is 5.08. The lowest BCUT2D eigenvalue weighted by molar-refractivity contribution is -0.147. The first kappa shape index (κ1) is 46.4. The summed E-state index contributed by atoms with van der Waals surface area (Å²) in [7, 11) is 1.30. The lowest BCUT2D eigenvalue weighted by Gasteiger charge is -2.24. The van der Waals surface area contributed by atoms with Crippen LogP contribution in [0, 0.1) is 11.8 Å². The minimum atomic E-state index is -0.803. The number of phenolic OH excluding ortho intramolecular Hbond substituents is 2. The minimum absolute atomic E-state index is 0.00598. The van der Waals surface area contributed by atoms with Crippen LogP contribution in [0.15, 0.2) is 46.6 Å². The van der Waals surface area contributed by atoms with E-state index in [1.807, 2.05) is 0 Å². The number of rotatable bonds is 20. The van der Waals surface area contributed by atoms with Gasteiger partial charge in [-0.15, -0.1) is 0 Å². The Morgan fingerprint density at radius 3 is 2.24 bits per heavy atom. The first-order valence-corrected chi connectivity index (χ1v) is 16.5. The number of nitrogens with zero attached hydrogens (tertiary/aromatic N) is 7. The number of aliphatic hydroxyl groups excluding tert-OH is 2. The van der Waals surface area contributed by atoms with Gasteiger partial charge in [0.1, 0.15) is 31.0 Å². The fourth-order valence-electron chi connectivity index (χ4n) is 5.08. The molecule has 0 spiro atoms. The Balaban J connectivity index is 0.000000505. The predicted octanol–water partition coefficient (Wildman–Crippen LogP) is 1.89. The molecule has 2 aromatic carbocycles. The number of aldehydes is 1. The van der Waals surface area contributed by atoms with E-state index in [1.54, 1.807) is 23.1 Å². The second-order valence-electron chi connectivity index (χ2n) is 11.4. The van der Waals surface area contributed by atoms with Gasteiger partial charge in [0.25, 0.3) is 0 Å². The maximum atomic E-state index is 13.0. The molecule has 2 atom stereocenters. The molecule has 0 fully saturated rings. The molecule has 20 nitrogen and oxygen atoms in total. The number of Topliss-reactive ketones (excluding diaryl/α,β-unsaturated/α-hetero) is 2. The number of aromatic hydroxyl groups is 2. The van der Waals surface area contributed by atoms with Gasteiger partial charge in [-0.25, -0.2) is 0 Å². The molecule has 0 bridgehead atoms. The van der Waals surface area contributed by atoms with E-state index in [1.165, 1.54) is 25.3 Å². The van der Waals surface area contributed by atoms with E-state index in [-0.39, 0.29) is 55.4 Å². The van der Waals surface area contributed by atoms with Gasteiger partial charge >= 0.3 is 5.97 Å². The molecule has 0 aliphatic carbocycles. The number of nitrogens with two attached hydrogens (primary N) is 1. The molecule has 54 heavy (non-hydrogen) atoms. The molecule has 20 heteroatoms. The van der Waals surface area contributed by atoms with E-state index in [0.717, 1.165) is 11.1 Å². The molecule has 3 rings (SSSR count). The second-order valence-corrected chi connectivity index (χ2v) is 11.4. The Morgan fingerprint density at radius 1 is 0.981 bits per heavy atom. The van der Waals surface area contributed by atoms with E-state index in [9.17, 15) is 34.2 Å². The SMILES string of the molecule is COC(=O)C[C@@H]1Cc2ccc(O)cc2CN(CCOCCOCCN=[N+]=[N-])C1=O.O=Cc1cc(O)ccc1C[C@@H](CC(=O)CO)C(=O)CO.[N-]=[N+]=NCN. The van der Waals surface area contributed by atoms with Crippen molar-refractivity contribution in [3.8, 4) is 11.5 Å². The number of methoxy groups -OCH3 is 1. The molecular formula is C34H46N8O12. The Labute approximate surface area is 310 Å². The smallest absolute Gasteiger partial charge is 0.306 e.